The first-order valence-electron chi connectivity index (χ1n) is 7.72. The first-order valence-corrected chi connectivity index (χ1v) is 8.98. The summed E-state index contributed by atoms with van der Waals surface area (Å²) < 4.78 is 0. The Morgan fingerprint density at radius 3 is 2.30 bits per heavy atom. The average molecular weight is 348 g/mol. The molecule has 4 heteroatoms. The predicted octanol–water partition coefficient (Wildman–Crippen LogP) is 5.18. The van der Waals surface area contributed by atoms with E-state index in [-0.39, 0.29) is 11.2 Å². The molecule has 0 saturated heterocycles. The van der Waals surface area contributed by atoms with E-state index in [0.717, 1.165) is 16.9 Å². The van der Waals surface area contributed by atoms with Crippen molar-refractivity contribution in [2.24, 2.45) is 0 Å². The molecular weight excluding hydrogens is 326 g/mol. The Morgan fingerprint density at radius 1 is 1.13 bits per heavy atom. The van der Waals surface area contributed by atoms with Crippen molar-refractivity contribution in [3.8, 4) is 0 Å². The number of hydrogen-bond donors (Lipinski definition) is 0. The van der Waals surface area contributed by atoms with Crippen molar-refractivity contribution in [1.29, 1.82) is 0 Å². The summed E-state index contributed by atoms with van der Waals surface area (Å²) in [6.45, 7) is 4.75. The van der Waals surface area contributed by atoms with Gasteiger partial charge in [-0.15, -0.1) is 11.8 Å². The van der Waals surface area contributed by atoms with Crippen molar-refractivity contribution in [1.82, 2.24) is 4.90 Å². The molecule has 0 unspecified atom stereocenters. The summed E-state index contributed by atoms with van der Waals surface area (Å²) in [4.78, 5) is 15.6. The largest absolute Gasteiger partial charge is 0.340 e. The van der Waals surface area contributed by atoms with Gasteiger partial charge in [-0.25, -0.2) is 0 Å². The van der Waals surface area contributed by atoms with Crippen LogP contribution in [0.25, 0.3) is 0 Å². The molecule has 0 aliphatic heterocycles. The highest BCUT2D eigenvalue weighted by atomic mass is 35.5. The Bertz CT molecular complexity index is 639. The lowest BCUT2D eigenvalue weighted by molar-refractivity contribution is -0.129. The van der Waals surface area contributed by atoms with Crippen LogP contribution in [0.3, 0.4) is 0 Å². The molecule has 0 radical (unpaired) electrons. The lowest BCUT2D eigenvalue weighted by atomic mass is 10.1. The Morgan fingerprint density at radius 2 is 1.74 bits per heavy atom. The molecule has 2 rings (SSSR count). The van der Waals surface area contributed by atoms with E-state index >= 15 is 0 Å². The van der Waals surface area contributed by atoms with Gasteiger partial charge in [0.2, 0.25) is 5.91 Å². The van der Waals surface area contributed by atoms with Crippen molar-refractivity contribution >= 4 is 29.3 Å². The molecule has 1 atom stereocenters. The summed E-state index contributed by atoms with van der Waals surface area (Å²) in [5.41, 5.74) is 2.38. The van der Waals surface area contributed by atoms with Gasteiger partial charge in [0.15, 0.2) is 0 Å². The van der Waals surface area contributed by atoms with E-state index in [1.807, 2.05) is 43.1 Å². The van der Waals surface area contributed by atoms with E-state index in [4.69, 9.17) is 11.6 Å². The molecule has 0 spiro atoms. The van der Waals surface area contributed by atoms with Crippen molar-refractivity contribution < 1.29 is 4.79 Å². The van der Waals surface area contributed by atoms with E-state index in [9.17, 15) is 4.79 Å². The Kier molecular flexibility index (Phi) is 6.55. The van der Waals surface area contributed by atoms with Gasteiger partial charge in [-0.05, 0) is 43.2 Å². The van der Waals surface area contributed by atoms with Crippen LogP contribution < -0.4 is 0 Å². The molecule has 2 nitrogen and oxygen atoms in total. The summed E-state index contributed by atoms with van der Waals surface area (Å²) in [6, 6.07) is 15.9. The van der Waals surface area contributed by atoms with E-state index in [1.54, 1.807) is 11.8 Å². The molecule has 0 fully saturated rings. The molecule has 0 bridgehead atoms. The zero-order valence-electron chi connectivity index (χ0n) is 13.8. The summed E-state index contributed by atoms with van der Waals surface area (Å²) in [5, 5.41) is 0.636. The molecule has 122 valence electrons. The molecule has 0 heterocycles. The van der Waals surface area contributed by atoms with Crippen molar-refractivity contribution in [2.45, 2.75) is 37.0 Å². The van der Waals surface area contributed by atoms with Gasteiger partial charge in [-0.2, -0.15) is 0 Å². The highest BCUT2D eigenvalue weighted by Crippen LogP contribution is 2.28. The molecule has 0 saturated carbocycles. The third-order valence-corrected chi connectivity index (χ3v) is 5.27. The number of hydrogen-bond acceptors (Lipinski definition) is 2. The highest BCUT2D eigenvalue weighted by molar-refractivity contribution is 8.00. The standard InChI is InChI=1S/C19H22ClNOS/c1-4-18(23-17-11-9-16(20)10-12-17)19(22)21(3)13-15-7-5-14(2)6-8-15/h5-12,18H,4,13H2,1-3H3/t18-/m1/s1. The van der Waals surface area contributed by atoms with Crippen LogP contribution in [0.2, 0.25) is 5.02 Å². The maximum absolute atomic E-state index is 12.7. The monoisotopic (exact) mass is 347 g/mol. The van der Waals surface area contributed by atoms with Gasteiger partial charge in [0.1, 0.15) is 0 Å². The molecule has 2 aromatic carbocycles. The third kappa shape index (κ3) is 5.29. The Hall–Kier alpha value is -1.45. The van der Waals surface area contributed by atoms with Gasteiger partial charge in [0.05, 0.1) is 5.25 Å². The lowest BCUT2D eigenvalue weighted by Crippen LogP contribution is -2.34. The van der Waals surface area contributed by atoms with E-state index in [2.05, 4.69) is 31.2 Å². The summed E-state index contributed by atoms with van der Waals surface area (Å²) in [5.74, 6) is 0.160. The van der Waals surface area contributed by atoms with E-state index < -0.39 is 0 Å². The quantitative estimate of drug-likeness (QED) is 0.671. The minimum Gasteiger partial charge on any atom is -0.340 e. The van der Waals surface area contributed by atoms with Crippen LogP contribution in [0.1, 0.15) is 24.5 Å². The maximum atomic E-state index is 12.7. The zero-order chi connectivity index (χ0) is 16.8. The van der Waals surface area contributed by atoms with Crippen molar-refractivity contribution in [3.63, 3.8) is 0 Å². The summed E-state index contributed by atoms with van der Waals surface area (Å²) >= 11 is 7.51. The van der Waals surface area contributed by atoms with Crippen molar-refractivity contribution in [2.75, 3.05) is 7.05 Å². The number of rotatable bonds is 6. The van der Waals surface area contributed by atoms with Gasteiger partial charge in [0.25, 0.3) is 0 Å². The number of aryl methyl sites for hydroxylation is 1. The van der Waals surface area contributed by atoms with Crippen LogP contribution in [-0.2, 0) is 11.3 Å². The fourth-order valence-electron chi connectivity index (χ4n) is 2.28. The van der Waals surface area contributed by atoms with Gasteiger partial charge in [0, 0.05) is 23.5 Å². The second kappa shape index (κ2) is 8.42. The summed E-state index contributed by atoms with van der Waals surface area (Å²) in [6.07, 6.45) is 0.796. The minimum atomic E-state index is -0.0772. The maximum Gasteiger partial charge on any atom is 0.236 e. The number of amides is 1. The third-order valence-electron chi connectivity index (χ3n) is 3.65. The molecule has 0 aromatic heterocycles. The van der Waals surface area contributed by atoms with Crippen LogP contribution in [0.5, 0.6) is 0 Å². The van der Waals surface area contributed by atoms with Gasteiger partial charge in [-0.1, -0.05) is 48.4 Å². The van der Waals surface area contributed by atoms with Crippen LogP contribution in [0.15, 0.2) is 53.4 Å². The normalized spacial score (nSPS) is 12.0. The van der Waals surface area contributed by atoms with Crippen LogP contribution >= 0.6 is 23.4 Å². The molecule has 0 aliphatic carbocycles. The minimum absolute atomic E-state index is 0.0772. The van der Waals surface area contributed by atoms with Gasteiger partial charge < -0.3 is 4.90 Å². The van der Waals surface area contributed by atoms with Crippen LogP contribution in [0, 0.1) is 6.92 Å². The Balaban J connectivity index is 2.00. The number of carbonyl (C=O) groups excluding carboxylic acids is 1. The zero-order valence-corrected chi connectivity index (χ0v) is 15.3. The first-order chi connectivity index (χ1) is 11.0. The second-order valence-corrected chi connectivity index (χ2v) is 7.36. The molecule has 23 heavy (non-hydrogen) atoms. The molecular formula is C19H22ClNOS. The van der Waals surface area contributed by atoms with Crippen LogP contribution in [0.4, 0.5) is 0 Å². The molecule has 2 aromatic rings. The number of carbonyl (C=O) groups is 1. The molecule has 1 amide bonds. The van der Waals surface area contributed by atoms with Crippen LogP contribution in [-0.4, -0.2) is 23.1 Å². The topological polar surface area (TPSA) is 20.3 Å². The number of benzene rings is 2. The summed E-state index contributed by atoms with van der Waals surface area (Å²) in [7, 11) is 1.87. The number of nitrogens with zero attached hydrogens (tertiary/aromatic N) is 1. The van der Waals surface area contributed by atoms with E-state index in [0.29, 0.717) is 11.6 Å². The predicted molar refractivity (Wildman–Crippen MR) is 99.0 cm³/mol. The van der Waals surface area contributed by atoms with Gasteiger partial charge >= 0.3 is 0 Å². The fraction of sp³-hybridized carbons (Fsp3) is 0.316. The lowest BCUT2D eigenvalue weighted by Gasteiger charge is -2.23. The van der Waals surface area contributed by atoms with Crippen molar-refractivity contribution in [3.05, 3.63) is 64.7 Å². The smallest absolute Gasteiger partial charge is 0.236 e. The average Bonchev–Trinajstić information content (AvgIpc) is 2.55. The molecule has 0 aliphatic rings. The highest BCUT2D eigenvalue weighted by Gasteiger charge is 2.21. The second-order valence-electron chi connectivity index (χ2n) is 5.65. The van der Waals surface area contributed by atoms with Gasteiger partial charge in [-0.3, -0.25) is 4.79 Å². The SMILES string of the molecule is CC[C@@H](Sc1ccc(Cl)cc1)C(=O)N(C)Cc1ccc(C)cc1. The molecule has 0 N–H and O–H groups in total. The number of halogens is 1. The Labute approximate surface area is 147 Å². The number of thioether (sulfide) groups is 1. The van der Waals surface area contributed by atoms with E-state index in [1.165, 1.54) is 5.56 Å². The fourth-order valence-corrected chi connectivity index (χ4v) is 3.47. The first kappa shape index (κ1) is 17.9.